The molecule has 0 atom stereocenters. The van der Waals surface area contributed by atoms with Crippen molar-refractivity contribution in [1.29, 1.82) is 0 Å². The van der Waals surface area contributed by atoms with Crippen molar-refractivity contribution in [1.82, 2.24) is 16.0 Å². The van der Waals surface area contributed by atoms with Crippen LogP contribution in [0.25, 0.3) is 0 Å². The van der Waals surface area contributed by atoms with Gasteiger partial charge in [-0.1, -0.05) is 34.8 Å². The highest BCUT2D eigenvalue weighted by Crippen LogP contribution is 2.60. The molecule has 0 spiro atoms. The summed E-state index contributed by atoms with van der Waals surface area (Å²) in [6.07, 6.45) is 8.06. The number of benzene rings is 3. The van der Waals surface area contributed by atoms with Crippen LogP contribution in [0.5, 0.6) is 17.2 Å². The second-order valence-corrected chi connectivity index (χ2v) is 17.7. The molecule has 0 heterocycles. The predicted octanol–water partition coefficient (Wildman–Crippen LogP) is 4.83. The van der Waals surface area contributed by atoms with Gasteiger partial charge in [0.2, 0.25) is 0 Å². The summed E-state index contributed by atoms with van der Waals surface area (Å²) in [4.78, 5) is 35.2. The number of ether oxygens (including phenoxy) is 3. The number of amides is 3. The zero-order valence-corrected chi connectivity index (χ0v) is 33.2. The summed E-state index contributed by atoms with van der Waals surface area (Å²) in [5.74, 6) is 1.65. The normalized spacial score (nSPS) is 31.5. The molecule has 9 aliphatic carbocycles. The maximum atomic E-state index is 11.7. The molecule has 9 N–H and O–H groups in total. The first-order valence-electron chi connectivity index (χ1n) is 17.9. The number of carbonyl (C=O) groups excluding carboxylic acids is 3. The lowest BCUT2D eigenvalue weighted by Crippen LogP contribution is -2.82. The Morgan fingerprint density at radius 3 is 0.836 bits per heavy atom. The standard InChI is InChI=1S/3C13H15ClN2O2.ClH/c3*14-9-1-3-10(4-2-9)18-5-11(17)16-13-6-12(15,7-13)8-13;/h3*1-4H,5-8,15H2,(H,16,17);1H. The van der Waals surface area contributed by atoms with Gasteiger partial charge in [0.15, 0.2) is 19.8 Å². The van der Waals surface area contributed by atoms with E-state index < -0.39 is 0 Å². The van der Waals surface area contributed by atoms with Crippen LogP contribution in [0.3, 0.4) is 0 Å². The second-order valence-electron chi connectivity index (χ2n) is 16.4. The lowest BCUT2D eigenvalue weighted by Gasteiger charge is -2.68. The molecule has 12 rings (SSSR count). The molecule has 9 fully saturated rings. The summed E-state index contributed by atoms with van der Waals surface area (Å²) < 4.78 is 16.1. The van der Waals surface area contributed by atoms with Gasteiger partial charge in [-0.2, -0.15) is 0 Å². The molecule has 0 aliphatic heterocycles. The van der Waals surface area contributed by atoms with Crippen LogP contribution in [0, 0.1) is 0 Å². The van der Waals surface area contributed by atoms with E-state index in [0.29, 0.717) is 32.3 Å². The molecule has 3 aromatic rings. The highest BCUT2D eigenvalue weighted by atomic mass is 35.5. The van der Waals surface area contributed by atoms with Gasteiger partial charge < -0.3 is 47.4 Å². The topological polar surface area (TPSA) is 193 Å². The van der Waals surface area contributed by atoms with Crippen LogP contribution in [0.4, 0.5) is 0 Å². The SMILES string of the molecule is Cl.NC12CC(NC(=O)COc3ccc(Cl)cc3)(C1)C2.NC12CC(NC(=O)COc3ccc(Cl)cc3)(C1)C2.NC12CC(NC(=O)COc3ccc(Cl)cc3)(C1)C2. The molecule has 55 heavy (non-hydrogen) atoms. The first-order valence-corrected chi connectivity index (χ1v) is 19.0. The van der Waals surface area contributed by atoms with Crippen molar-refractivity contribution in [2.75, 3.05) is 19.8 Å². The molecule has 12 nitrogen and oxygen atoms in total. The van der Waals surface area contributed by atoms with E-state index in [2.05, 4.69) is 16.0 Å². The third-order valence-electron chi connectivity index (χ3n) is 11.0. The van der Waals surface area contributed by atoms with Gasteiger partial charge in [-0.25, -0.2) is 0 Å². The second kappa shape index (κ2) is 15.5. The monoisotopic (exact) mass is 834 g/mol. The minimum atomic E-state index is -0.0910. The van der Waals surface area contributed by atoms with Crippen molar-refractivity contribution in [2.24, 2.45) is 17.2 Å². The van der Waals surface area contributed by atoms with Crippen LogP contribution in [-0.2, 0) is 14.4 Å². The number of nitrogens with one attached hydrogen (secondary N) is 3. The van der Waals surface area contributed by atoms with Crippen LogP contribution in [0.1, 0.15) is 57.8 Å². The zero-order valence-electron chi connectivity index (χ0n) is 30.1. The quantitative estimate of drug-likeness (QED) is 0.148. The van der Waals surface area contributed by atoms with Crippen LogP contribution >= 0.6 is 47.2 Å². The average Bonchev–Trinajstić information content (AvgIpc) is 3.04. The number of rotatable bonds is 12. The first kappa shape index (κ1) is 41.2. The predicted molar refractivity (Wildman–Crippen MR) is 213 cm³/mol. The molecule has 6 bridgehead atoms. The van der Waals surface area contributed by atoms with Crippen LogP contribution in [-0.4, -0.2) is 70.8 Å². The molecule has 0 aromatic heterocycles. The Kier molecular flexibility index (Phi) is 11.6. The highest BCUT2D eigenvalue weighted by Gasteiger charge is 2.68. The van der Waals surface area contributed by atoms with E-state index in [4.69, 9.17) is 66.2 Å². The van der Waals surface area contributed by atoms with Crippen LogP contribution in [0.2, 0.25) is 15.1 Å². The fourth-order valence-electron chi connectivity index (χ4n) is 9.03. The van der Waals surface area contributed by atoms with E-state index in [0.717, 1.165) is 57.8 Å². The lowest BCUT2D eigenvalue weighted by atomic mass is 9.44. The molecule has 3 aromatic carbocycles. The number of hydrogen-bond donors (Lipinski definition) is 6. The maximum absolute atomic E-state index is 11.7. The molecular formula is C39H46Cl4N6O6. The van der Waals surface area contributed by atoms with Gasteiger partial charge in [-0.15, -0.1) is 12.4 Å². The maximum Gasteiger partial charge on any atom is 0.258 e. The summed E-state index contributed by atoms with van der Waals surface area (Å²) >= 11 is 17.3. The minimum Gasteiger partial charge on any atom is -0.484 e. The van der Waals surface area contributed by atoms with Gasteiger partial charge >= 0.3 is 0 Å². The van der Waals surface area contributed by atoms with Gasteiger partial charge in [0.1, 0.15) is 17.2 Å². The number of carbonyl (C=O) groups is 3. The summed E-state index contributed by atoms with van der Waals surface area (Å²) in [7, 11) is 0. The van der Waals surface area contributed by atoms with Crippen molar-refractivity contribution in [3.8, 4) is 17.2 Å². The van der Waals surface area contributed by atoms with Crippen LogP contribution < -0.4 is 47.4 Å². The molecule has 9 saturated carbocycles. The van der Waals surface area contributed by atoms with Gasteiger partial charge in [-0.3, -0.25) is 14.4 Å². The Balaban J connectivity index is 0.000000139. The highest BCUT2D eigenvalue weighted by molar-refractivity contribution is 6.31. The van der Waals surface area contributed by atoms with Gasteiger partial charge in [0, 0.05) is 48.3 Å². The molecule has 3 amide bonds. The summed E-state index contributed by atoms with van der Waals surface area (Å²) in [6.45, 7) is 0.0862. The van der Waals surface area contributed by atoms with E-state index in [1.165, 1.54) is 0 Å². The number of halogens is 4. The van der Waals surface area contributed by atoms with E-state index >= 15 is 0 Å². The minimum absolute atomic E-state index is 0. The Hall–Kier alpha value is -3.49. The van der Waals surface area contributed by atoms with Crippen molar-refractivity contribution in [3.63, 3.8) is 0 Å². The van der Waals surface area contributed by atoms with E-state index in [-0.39, 0.29) is 83.2 Å². The van der Waals surface area contributed by atoms with Crippen molar-refractivity contribution in [2.45, 2.75) is 91.0 Å². The molecule has 9 aliphatic rings. The number of nitrogens with two attached hydrogens (primary N) is 3. The molecule has 0 radical (unpaired) electrons. The zero-order chi connectivity index (χ0) is 38.4. The molecular weight excluding hydrogens is 790 g/mol. The van der Waals surface area contributed by atoms with Gasteiger partial charge in [0.05, 0.1) is 0 Å². The molecule has 16 heteroatoms. The molecule has 296 valence electrons. The summed E-state index contributed by atoms with van der Waals surface area (Å²) in [5.41, 5.74) is 17.7. The lowest BCUT2D eigenvalue weighted by molar-refractivity contribution is -0.138. The van der Waals surface area contributed by atoms with E-state index in [1.54, 1.807) is 72.8 Å². The summed E-state index contributed by atoms with van der Waals surface area (Å²) in [6, 6.07) is 20.8. The van der Waals surface area contributed by atoms with E-state index in [9.17, 15) is 14.4 Å². The Morgan fingerprint density at radius 2 is 0.655 bits per heavy atom. The fraction of sp³-hybridized carbons (Fsp3) is 0.462. The van der Waals surface area contributed by atoms with Gasteiger partial charge in [-0.05, 0) is 131 Å². The third-order valence-corrected chi connectivity index (χ3v) is 11.7. The average molecular weight is 837 g/mol. The smallest absolute Gasteiger partial charge is 0.258 e. The van der Waals surface area contributed by atoms with Crippen molar-refractivity contribution < 1.29 is 28.6 Å². The molecule has 0 saturated heterocycles. The summed E-state index contributed by atoms with van der Waals surface area (Å²) in [5, 5.41) is 10.9. The molecule has 0 unspecified atom stereocenters. The van der Waals surface area contributed by atoms with Crippen molar-refractivity contribution in [3.05, 3.63) is 87.9 Å². The van der Waals surface area contributed by atoms with Crippen LogP contribution in [0.15, 0.2) is 72.8 Å². The van der Waals surface area contributed by atoms with Gasteiger partial charge in [0.25, 0.3) is 17.7 Å². The number of hydrogen-bond acceptors (Lipinski definition) is 9. The fourth-order valence-corrected chi connectivity index (χ4v) is 9.41. The van der Waals surface area contributed by atoms with E-state index in [1.807, 2.05) is 0 Å². The van der Waals surface area contributed by atoms with Crippen molar-refractivity contribution >= 4 is 64.9 Å². The Morgan fingerprint density at radius 1 is 0.455 bits per heavy atom. The third kappa shape index (κ3) is 9.73. The largest absolute Gasteiger partial charge is 0.484 e. The Labute approximate surface area is 341 Å². The first-order chi connectivity index (χ1) is 25.5. The Bertz CT molecular complexity index is 1620.